The van der Waals surface area contributed by atoms with E-state index >= 15 is 0 Å². The number of aryl methyl sites for hydroxylation is 1. The number of aromatic nitrogens is 1. The standard InChI is InChI=1S/C22H30N4O3S/c1-3-4-5-19(27)23-14-20(28)25-10-8-17(9-11-25)21-18(7-6-16(2)24-21)22(29)26-12-13-30-15-26/h3-4,6-7,17H,5,8-15H2,1-2H3,(H,23,27). The number of allylic oxidation sites excluding steroid dienone is 1. The summed E-state index contributed by atoms with van der Waals surface area (Å²) in [7, 11) is 0. The quantitative estimate of drug-likeness (QED) is 0.701. The van der Waals surface area contributed by atoms with Crippen LogP contribution in [-0.2, 0) is 9.59 Å². The Bertz CT molecular complexity index is 813. The predicted molar refractivity (Wildman–Crippen MR) is 118 cm³/mol. The molecule has 0 saturated carbocycles. The fourth-order valence-electron chi connectivity index (χ4n) is 3.80. The van der Waals surface area contributed by atoms with Gasteiger partial charge in [0.2, 0.25) is 11.8 Å². The molecule has 3 rings (SSSR count). The van der Waals surface area contributed by atoms with Gasteiger partial charge in [-0.1, -0.05) is 12.2 Å². The number of nitrogens with one attached hydrogen (secondary N) is 1. The molecule has 0 bridgehead atoms. The third kappa shape index (κ3) is 5.62. The lowest BCUT2D eigenvalue weighted by Crippen LogP contribution is -2.44. The number of nitrogens with zero attached hydrogens (tertiary/aromatic N) is 3. The van der Waals surface area contributed by atoms with Gasteiger partial charge in [-0.2, -0.15) is 0 Å². The van der Waals surface area contributed by atoms with Crippen LogP contribution < -0.4 is 5.32 Å². The number of amides is 3. The first-order valence-electron chi connectivity index (χ1n) is 10.5. The van der Waals surface area contributed by atoms with Crippen molar-refractivity contribution in [2.75, 3.05) is 37.8 Å². The van der Waals surface area contributed by atoms with Crippen molar-refractivity contribution in [3.63, 3.8) is 0 Å². The summed E-state index contributed by atoms with van der Waals surface area (Å²) in [5.41, 5.74) is 2.47. The molecule has 162 valence electrons. The van der Waals surface area contributed by atoms with Crippen molar-refractivity contribution in [1.29, 1.82) is 0 Å². The molecule has 2 aliphatic rings. The van der Waals surface area contributed by atoms with E-state index in [2.05, 4.69) is 5.32 Å². The van der Waals surface area contributed by atoms with Gasteiger partial charge in [0, 0.05) is 43.4 Å². The smallest absolute Gasteiger partial charge is 0.256 e. The van der Waals surface area contributed by atoms with E-state index in [0.29, 0.717) is 18.7 Å². The zero-order valence-corrected chi connectivity index (χ0v) is 18.5. The summed E-state index contributed by atoms with van der Waals surface area (Å²) in [5, 5.41) is 2.67. The minimum Gasteiger partial charge on any atom is -0.347 e. The molecule has 0 aliphatic carbocycles. The van der Waals surface area contributed by atoms with Crippen LogP contribution in [0.25, 0.3) is 0 Å². The number of carbonyl (C=O) groups excluding carboxylic acids is 3. The average molecular weight is 431 g/mol. The number of likely N-dealkylation sites (tertiary alicyclic amines) is 1. The van der Waals surface area contributed by atoms with E-state index in [0.717, 1.165) is 42.4 Å². The van der Waals surface area contributed by atoms with Gasteiger partial charge in [0.25, 0.3) is 5.91 Å². The summed E-state index contributed by atoms with van der Waals surface area (Å²) in [6.45, 7) is 5.82. The van der Waals surface area contributed by atoms with Crippen molar-refractivity contribution in [2.45, 2.75) is 39.0 Å². The lowest BCUT2D eigenvalue weighted by Gasteiger charge is -2.33. The Morgan fingerprint density at radius 1 is 1.20 bits per heavy atom. The van der Waals surface area contributed by atoms with Gasteiger partial charge < -0.3 is 15.1 Å². The van der Waals surface area contributed by atoms with Gasteiger partial charge in [0.15, 0.2) is 0 Å². The average Bonchev–Trinajstić information content (AvgIpc) is 3.30. The third-order valence-electron chi connectivity index (χ3n) is 5.54. The second-order valence-corrected chi connectivity index (χ2v) is 8.77. The maximum absolute atomic E-state index is 13.0. The summed E-state index contributed by atoms with van der Waals surface area (Å²) in [5.74, 6) is 1.72. The van der Waals surface area contributed by atoms with Crippen LogP contribution in [0.2, 0.25) is 0 Å². The SMILES string of the molecule is CC=CCC(=O)NCC(=O)N1CCC(c2nc(C)ccc2C(=O)N2CCSC2)CC1. The van der Waals surface area contributed by atoms with Crippen molar-refractivity contribution in [2.24, 2.45) is 0 Å². The van der Waals surface area contributed by atoms with Crippen LogP contribution >= 0.6 is 11.8 Å². The molecule has 0 atom stereocenters. The molecule has 0 unspecified atom stereocenters. The van der Waals surface area contributed by atoms with Crippen LogP contribution in [0.1, 0.15) is 53.8 Å². The lowest BCUT2D eigenvalue weighted by molar-refractivity contribution is -0.133. The van der Waals surface area contributed by atoms with Gasteiger partial charge in [-0.15, -0.1) is 11.8 Å². The fourth-order valence-corrected chi connectivity index (χ4v) is 4.74. The first-order chi connectivity index (χ1) is 14.5. The van der Waals surface area contributed by atoms with Crippen molar-refractivity contribution >= 4 is 29.5 Å². The van der Waals surface area contributed by atoms with Gasteiger partial charge in [0.05, 0.1) is 23.7 Å². The minimum atomic E-state index is -0.150. The Kier molecular flexibility index (Phi) is 7.90. The summed E-state index contributed by atoms with van der Waals surface area (Å²) in [4.78, 5) is 45.5. The van der Waals surface area contributed by atoms with Gasteiger partial charge in [0.1, 0.15) is 0 Å². The van der Waals surface area contributed by atoms with E-state index < -0.39 is 0 Å². The number of piperidine rings is 1. The van der Waals surface area contributed by atoms with Crippen molar-refractivity contribution < 1.29 is 14.4 Å². The number of thioether (sulfide) groups is 1. The van der Waals surface area contributed by atoms with Crippen LogP contribution in [0.5, 0.6) is 0 Å². The van der Waals surface area contributed by atoms with Crippen LogP contribution in [0.4, 0.5) is 0 Å². The lowest BCUT2D eigenvalue weighted by atomic mass is 9.89. The highest BCUT2D eigenvalue weighted by Crippen LogP contribution is 2.30. The largest absolute Gasteiger partial charge is 0.347 e. The Morgan fingerprint density at radius 2 is 1.97 bits per heavy atom. The van der Waals surface area contributed by atoms with Crippen molar-refractivity contribution in [3.8, 4) is 0 Å². The Labute approximate surface area is 182 Å². The molecule has 0 aromatic carbocycles. The molecule has 2 saturated heterocycles. The van der Waals surface area contributed by atoms with E-state index in [4.69, 9.17) is 4.98 Å². The highest BCUT2D eigenvalue weighted by atomic mass is 32.2. The van der Waals surface area contributed by atoms with Gasteiger partial charge >= 0.3 is 0 Å². The molecule has 3 heterocycles. The summed E-state index contributed by atoms with van der Waals surface area (Å²) in [6.07, 6.45) is 5.40. The molecule has 8 heteroatoms. The topological polar surface area (TPSA) is 82.6 Å². The first-order valence-corrected chi connectivity index (χ1v) is 11.6. The second kappa shape index (κ2) is 10.6. The maximum Gasteiger partial charge on any atom is 0.256 e. The minimum absolute atomic E-state index is 0.0279. The molecule has 0 spiro atoms. The van der Waals surface area contributed by atoms with Crippen molar-refractivity contribution in [3.05, 3.63) is 41.2 Å². The molecule has 1 aromatic rings. The Morgan fingerprint density at radius 3 is 2.63 bits per heavy atom. The molecule has 30 heavy (non-hydrogen) atoms. The molecule has 2 aliphatic heterocycles. The number of hydrogen-bond acceptors (Lipinski definition) is 5. The fraction of sp³-hybridized carbons (Fsp3) is 0.545. The zero-order chi connectivity index (χ0) is 21.5. The van der Waals surface area contributed by atoms with E-state index in [1.807, 2.05) is 37.0 Å². The second-order valence-electron chi connectivity index (χ2n) is 7.70. The number of carbonyl (C=O) groups is 3. The Hall–Kier alpha value is -2.35. The van der Waals surface area contributed by atoms with Crippen LogP contribution in [0, 0.1) is 6.92 Å². The zero-order valence-electron chi connectivity index (χ0n) is 17.7. The monoisotopic (exact) mass is 430 g/mol. The van der Waals surface area contributed by atoms with Gasteiger partial charge in [-0.25, -0.2) is 0 Å². The molecule has 1 N–H and O–H groups in total. The van der Waals surface area contributed by atoms with Crippen LogP contribution in [0.15, 0.2) is 24.3 Å². The highest BCUT2D eigenvalue weighted by molar-refractivity contribution is 7.99. The van der Waals surface area contributed by atoms with E-state index in [1.54, 1.807) is 22.7 Å². The predicted octanol–water partition coefficient (Wildman–Crippen LogP) is 2.32. The first kappa shape index (κ1) is 22.3. The normalized spacial score (nSPS) is 17.5. The van der Waals surface area contributed by atoms with E-state index in [-0.39, 0.29) is 36.6 Å². The summed E-state index contributed by atoms with van der Waals surface area (Å²) < 4.78 is 0. The third-order valence-corrected chi connectivity index (χ3v) is 6.51. The maximum atomic E-state index is 13.0. The molecular weight excluding hydrogens is 400 g/mol. The van der Waals surface area contributed by atoms with Gasteiger partial charge in [-0.05, 0) is 38.8 Å². The number of hydrogen-bond donors (Lipinski definition) is 1. The molecule has 3 amide bonds. The van der Waals surface area contributed by atoms with Gasteiger partial charge in [-0.3, -0.25) is 19.4 Å². The molecule has 2 fully saturated rings. The molecule has 1 aromatic heterocycles. The molecule has 0 radical (unpaired) electrons. The summed E-state index contributed by atoms with van der Waals surface area (Å²) in [6, 6.07) is 3.80. The number of pyridine rings is 1. The Balaban J connectivity index is 1.59. The van der Waals surface area contributed by atoms with Crippen molar-refractivity contribution in [1.82, 2.24) is 20.1 Å². The van der Waals surface area contributed by atoms with E-state index in [9.17, 15) is 14.4 Å². The molecule has 7 nitrogen and oxygen atoms in total. The summed E-state index contributed by atoms with van der Waals surface area (Å²) >= 11 is 1.77. The number of rotatable bonds is 6. The van der Waals surface area contributed by atoms with E-state index in [1.165, 1.54) is 0 Å². The highest BCUT2D eigenvalue weighted by Gasteiger charge is 2.30. The van der Waals surface area contributed by atoms with Crippen LogP contribution in [0.3, 0.4) is 0 Å². The van der Waals surface area contributed by atoms with Crippen LogP contribution in [-0.4, -0.2) is 70.3 Å². The molecular formula is C22H30N4O3S.